The van der Waals surface area contributed by atoms with Crippen LogP contribution in [0, 0.1) is 0 Å². The number of H-pyrrole nitrogens is 1. The van der Waals surface area contributed by atoms with E-state index in [1.807, 2.05) is 0 Å². The number of nitrogens with zero attached hydrogens (tertiary/aromatic N) is 3. The fourth-order valence-corrected chi connectivity index (χ4v) is 1.89. The van der Waals surface area contributed by atoms with Crippen LogP contribution in [0.2, 0.25) is 0 Å². The molecule has 0 saturated heterocycles. The van der Waals surface area contributed by atoms with Crippen LogP contribution >= 0.6 is 11.8 Å². The lowest BCUT2D eigenvalue weighted by molar-refractivity contribution is -0.409. The highest BCUT2D eigenvalue weighted by molar-refractivity contribution is 7.99. The zero-order valence-corrected chi connectivity index (χ0v) is 11.1. The summed E-state index contributed by atoms with van der Waals surface area (Å²) in [6.07, 6.45) is 2.68. The number of aromatic amines is 1. The van der Waals surface area contributed by atoms with Crippen molar-refractivity contribution in [2.24, 2.45) is 0 Å². The van der Waals surface area contributed by atoms with Gasteiger partial charge in [0.1, 0.15) is 0 Å². The van der Waals surface area contributed by atoms with Crippen molar-refractivity contribution < 1.29 is 27.7 Å². The molecule has 4 N–H and O–H groups in total. The van der Waals surface area contributed by atoms with Gasteiger partial charge in [0, 0.05) is 12.2 Å². The number of carbonyl (C=O) groups is 1. The summed E-state index contributed by atoms with van der Waals surface area (Å²) in [5, 5.41) is 14.1. The molecular weight excluding hydrogens is 266 g/mol. The van der Waals surface area contributed by atoms with Crippen molar-refractivity contribution in [2.75, 3.05) is 12.9 Å². The molecule has 0 bridgehead atoms. The fourth-order valence-electron chi connectivity index (χ4n) is 1.15. The highest BCUT2D eigenvalue weighted by atomic mass is 35.5. The van der Waals surface area contributed by atoms with E-state index in [0.717, 1.165) is 25.0 Å². The Morgan fingerprint density at radius 1 is 1.59 bits per heavy atom. The van der Waals surface area contributed by atoms with Crippen LogP contribution in [0.5, 0.6) is 0 Å². The van der Waals surface area contributed by atoms with E-state index in [9.17, 15) is 4.79 Å². The van der Waals surface area contributed by atoms with E-state index in [2.05, 4.69) is 31.1 Å². The average molecular weight is 282 g/mol. The molecule has 9 heteroatoms. The van der Waals surface area contributed by atoms with E-state index in [1.54, 1.807) is 11.8 Å². The van der Waals surface area contributed by atoms with E-state index in [1.165, 1.54) is 7.11 Å². The first-order chi connectivity index (χ1) is 7.74. The normalized spacial score (nSPS) is 11.6. The van der Waals surface area contributed by atoms with Crippen LogP contribution in [-0.4, -0.2) is 45.5 Å². The molecule has 1 unspecified atom stereocenters. The summed E-state index contributed by atoms with van der Waals surface area (Å²) in [6.45, 7) is 0. The molecule has 0 fully saturated rings. The Balaban J connectivity index is 0.00000256. The van der Waals surface area contributed by atoms with Crippen molar-refractivity contribution in [1.29, 1.82) is 0 Å². The number of tetrazole rings is 1. The van der Waals surface area contributed by atoms with Crippen LogP contribution in [0.4, 0.5) is 0 Å². The number of carbonyl (C=O) groups excluding carboxylic acids is 1. The molecule has 1 heterocycles. The highest BCUT2D eigenvalue weighted by Crippen LogP contribution is 2.13. The van der Waals surface area contributed by atoms with Crippen LogP contribution in [0.1, 0.15) is 19.3 Å². The minimum atomic E-state index is -0.264. The fraction of sp³-hybridized carbons (Fsp3) is 0.750. The highest BCUT2D eigenvalue weighted by Gasteiger charge is 2.16. The molecule has 0 aromatic carbocycles. The number of halogens is 1. The standard InChI is InChI=1S/C8H15N5O2S.ClH/c1-15-7(14)6(9)4-2-3-5-16-8-10-12-13-11-8;/h6H,2-5,9H2,1H3,(H,10,11,12,13);1H. The van der Waals surface area contributed by atoms with Gasteiger partial charge in [-0.25, -0.2) is 4.79 Å². The topological polar surface area (TPSA) is 108 Å². The lowest BCUT2D eigenvalue weighted by Crippen LogP contribution is -3.00. The maximum atomic E-state index is 11.0. The number of thioether (sulfide) groups is 1. The number of hydrogen-bond donors (Lipinski definition) is 2. The molecule has 17 heavy (non-hydrogen) atoms. The number of quaternary nitrogens is 1. The van der Waals surface area contributed by atoms with Gasteiger partial charge in [0.15, 0.2) is 6.04 Å². The Morgan fingerprint density at radius 2 is 2.35 bits per heavy atom. The van der Waals surface area contributed by atoms with Crippen molar-refractivity contribution in [3.8, 4) is 0 Å². The molecule has 1 atom stereocenters. The van der Waals surface area contributed by atoms with Gasteiger partial charge in [-0.15, -0.1) is 10.2 Å². The zero-order chi connectivity index (χ0) is 11.8. The molecule has 0 aliphatic carbocycles. The number of aromatic nitrogens is 4. The van der Waals surface area contributed by atoms with Crippen LogP contribution in [-0.2, 0) is 9.53 Å². The number of hydrogen-bond acceptors (Lipinski definition) is 6. The first-order valence-corrected chi connectivity index (χ1v) is 5.99. The van der Waals surface area contributed by atoms with Gasteiger partial charge in [0.2, 0.25) is 5.16 Å². The lowest BCUT2D eigenvalue weighted by Gasteiger charge is -2.04. The first-order valence-electron chi connectivity index (χ1n) is 5.01. The number of methoxy groups -OCH3 is 1. The van der Waals surface area contributed by atoms with Crippen molar-refractivity contribution in [3.05, 3.63) is 0 Å². The monoisotopic (exact) mass is 281 g/mol. The molecule has 1 rings (SSSR count). The minimum Gasteiger partial charge on any atom is -1.00 e. The summed E-state index contributed by atoms with van der Waals surface area (Å²) in [7, 11) is 1.38. The van der Waals surface area contributed by atoms with E-state index < -0.39 is 0 Å². The van der Waals surface area contributed by atoms with E-state index >= 15 is 0 Å². The second-order valence-corrected chi connectivity index (χ2v) is 4.32. The van der Waals surface area contributed by atoms with Crippen molar-refractivity contribution in [1.82, 2.24) is 20.6 Å². The SMILES string of the molecule is COC(=O)C([NH3+])CCCCSc1nn[nH]n1.[Cl-]. The summed E-state index contributed by atoms with van der Waals surface area (Å²) in [5.74, 6) is 0.666. The second kappa shape index (κ2) is 9.20. The number of ether oxygens (including phenoxy) is 1. The van der Waals surface area contributed by atoms with Gasteiger partial charge in [0.05, 0.1) is 7.11 Å². The van der Waals surface area contributed by atoms with Gasteiger partial charge in [-0.3, -0.25) is 0 Å². The van der Waals surface area contributed by atoms with Gasteiger partial charge in [-0.1, -0.05) is 11.8 Å². The molecule has 0 radical (unpaired) electrons. The van der Waals surface area contributed by atoms with Gasteiger partial charge in [0.25, 0.3) is 0 Å². The summed E-state index contributed by atoms with van der Waals surface area (Å²) >= 11 is 1.54. The van der Waals surface area contributed by atoms with E-state index in [4.69, 9.17) is 0 Å². The minimum absolute atomic E-state index is 0. The molecule has 0 aliphatic heterocycles. The molecule has 98 valence electrons. The molecule has 1 aromatic heterocycles. The zero-order valence-electron chi connectivity index (χ0n) is 9.56. The lowest BCUT2D eigenvalue weighted by atomic mass is 10.1. The van der Waals surface area contributed by atoms with Crippen molar-refractivity contribution in [2.45, 2.75) is 30.5 Å². The smallest absolute Gasteiger partial charge is 0.364 e. The predicted molar refractivity (Wildman–Crippen MR) is 57.4 cm³/mol. The summed E-state index contributed by atoms with van der Waals surface area (Å²) in [4.78, 5) is 11.0. The van der Waals surface area contributed by atoms with E-state index in [0.29, 0.717) is 5.16 Å². The molecular formula is C8H16ClN5O2S. The third-order valence-corrected chi connectivity index (χ3v) is 2.96. The Bertz CT molecular complexity index is 311. The maximum Gasteiger partial charge on any atom is 0.364 e. The number of unbranched alkanes of at least 4 members (excludes halogenated alkanes) is 1. The second-order valence-electron chi connectivity index (χ2n) is 3.26. The van der Waals surface area contributed by atoms with Crippen molar-refractivity contribution >= 4 is 17.7 Å². The first kappa shape index (κ1) is 16.1. The number of esters is 1. The van der Waals surface area contributed by atoms with Crippen LogP contribution < -0.4 is 18.1 Å². The summed E-state index contributed by atoms with van der Waals surface area (Å²) < 4.78 is 4.59. The van der Waals surface area contributed by atoms with Crippen LogP contribution in [0.3, 0.4) is 0 Å². The van der Waals surface area contributed by atoms with Gasteiger partial charge in [-0.2, -0.15) is 5.21 Å². The molecule has 0 amide bonds. The number of nitrogens with one attached hydrogen (secondary N) is 1. The Labute approximate surface area is 110 Å². The molecule has 0 aliphatic rings. The van der Waals surface area contributed by atoms with Gasteiger partial charge in [-0.05, 0) is 18.1 Å². The molecule has 0 saturated carbocycles. The Hall–Kier alpha value is -0.860. The van der Waals surface area contributed by atoms with Crippen LogP contribution in [0.25, 0.3) is 0 Å². The predicted octanol–water partition coefficient (Wildman–Crippen LogP) is -3.75. The molecule has 0 spiro atoms. The summed E-state index contributed by atoms with van der Waals surface area (Å²) in [5.41, 5.74) is 3.74. The largest absolute Gasteiger partial charge is 1.00 e. The molecule has 1 aromatic rings. The third-order valence-electron chi connectivity index (χ3n) is 2.04. The molecule has 7 nitrogen and oxygen atoms in total. The Morgan fingerprint density at radius 3 is 2.94 bits per heavy atom. The van der Waals surface area contributed by atoms with Gasteiger partial charge >= 0.3 is 5.97 Å². The average Bonchev–Trinajstić information content (AvgIpc) is 2.80. The Kier molecular flexibility index (Phi) is 8.73. The van der Waals surface area contributed by atoms with Crippen LogP contribution in [0.15, 0.2) is 5.16 Å². The number of rotatable bonds is 7. The summed E-state index contributed by atoms with van der Waals surface area (Å²) in [6, 6.07) is -0.264. The quantitative estimate of drug-likeness (QED) is 0.302. The third kappa shape index (κ3) is 6.44. The maximum absolute atomic E-state index is 11.0. The van der Waals surface area contributed by atoms with Crippen molar-refractivity contribution in [3.63, 3.8) is 0 Å². The van der Waals surface area contributed by atoms with E-state index in [-0.39, 0.29) is 24.4 Å². The van der Waals surface area contributed by atoms with Gasteiger partial charge < -0.3 is 22.9 Å².